The van der Waals surface area contributed by atoms with E-state index in [4.69, 9.17) is 56.3 Å². The smallest absolute Gasteiger partial charge is 0.290 e. The zero-order valence-electron chi connectivity index (χ0n) is 3.94. The maximum absolute atomic E-state index is 8.36. The molecular formula is C3H2Cl4O2. The van der Waals surface area contributed by atoms with Gasteiger partial charge in [-0.25, -0.2) is 0 Å². The molecule has 0 fully saturated rings. The van der Waals surface area contributed by atoms with E-state index in [0.717, 1.165) is 0 Å². The Morgan fingerprint density at radius 1 is 1.11 bits per heavy atom. The fraction of sp³-hybridized carbons (Fsp3) is 0. The molecule has 0 aliphatic heterocycles. The molecule has 2 nitrogen and oxygen atoms in total. The van der Waals surface area contributed by atoms with Crippen molar-refractivity contribution in [3.05, 3.63) is 8.98 Å². The van der Waals surface area contributed by atoms with Crippen LogP contribution in [-0.4, -0.2) is 11.6 Å². The molecule has 0 heterocycles. The van der Waals surface area contributed by atoms with Crippen LogP contribution >= 0.6 is 46.4 Å². The van der Waals surface area contributed by atoms with Gasteiger partial charge in [-0.2, -0.15) is 0 Å². The van der Waals surface area contributed by atoms with Crippen LogP contribution in [0, 0.1) is 0 Å². The van der Waals surface area contributed by atoms with Gasteiger partial charge in [0, 0.05) is 0 Å². The van der Waals surface area contributed by atoms with Crippen molar-refractivity contribution in [1.29, 1.82) is 0 Å². The summed E-state index contributed by atoms with van der Waals surface area (Å²) in [6.07, 6.45) is 0. The molecule has 54 valence electrons. The molecule has 0 aliphatic carbocycles. The Kier molecular flexibility index (Phi) is 11.2. The minimum absolute atomic E-state index is 0.0988. The first-order chi connectivity index (χ1) is 4.06. The number of hydrogen-bond acceptors (Lipinski definition) is 1. The molecule has 0 aromatic carbocycles. The Balaban J connectivity index is 0. The van der Waals surface area contributed by atoms with Gasteiger partial charge in [0.15, 0.2) is 0 Å². The molecule has 0 spiro atoms. The molecule has 0 saturated carbocycles. The van der Waals surface area contributed by atoms with Crippen LogP contribution in [-0.2, 0) is 4.79 Å². The van der Waals surface area contributed by atoms with E-state index in [2.05, 4.69) is 0 Å². The molecule has 0 unspecified atom stereocenters. The summed E-state index contributed by atoms with van der Waals surface area (Å²) in [4.78, 5) is 8.36. The summed E-state index contributed by atoms with van der Waals surface area (Å²) < 4.78 is -0.198. The normalized spacial score (nSPS) is 6.67. The molecule has 1 N–H and O–H groups in total. The Hall–Kier alpha value is 0.370. The largest absolute Gasteiger partial charge is 0.483 e. The van der Waals surface area contributed by atoms with Crippen molar-refractivity contribution in [2.45, 2.75) is 0 Å². The Labute approximate surface area is 72.0 Å². The predicted molar refractivity (Wildman–Crippen MR) is 39.1 cm³/mol. The SMILES string of the molecule is ClC(Cl)=C(Cl)Cl.O=CO. The van der Waals surface area contributed by atoms with E-state index < -0.39 is 0 Å². The molecule has 0 aliphatic rings. The van der Waals surface area contributed by atoms with E-state index in [-0.39, 0.29) is 15.5 Å². The lowest BCUT2D eigenvalue weighted by atomic mass is 11.2. The summed E-state index contributed by atoms with van der Waals surface area (Å²) >= 11 is 20.0. The first-order valence-corrected chi connectivity index (χ1v) is 3.01. The predicted octanol–water partition coefficient (Wildman–Crippen LogP) is 2.77. The van der Waals surface area contributed by atoms with Crippen LogP contribution in [0.2, 0.25) is 0 Å². The summed E-state index contributed by atoms with van der Waals surface area (Å²) in [6, 6.07) is 0. The number of carbonyl (C=O) groups is 1. The van der Waals surface area contributed by atoms with Crippen molar-refractivity contribution in [3.8, 4) is 0 Å². The molecule has 0 aromatic rings. The Morgan fingerprint density at radius 2 is 1.22 bits per heavy atom. The topological polar surface area (TPSA) is 37.3 Å². The van der Waals surface area contributed by atoms with Gasteiger partial charge < -0.3 is 5.11 Å². The molecule has 0 atom stereocenters. The third-order valence-electron chi connectivity index (χ3n) is 0.143. The zero-order chi connectivity index (χ0) is 7.86. The lowest BCUT2D eigenvalue weighted by molar-refractivity contribution is -0.122. The first kappa shape index (κ1) is 12.1. The van der Waals surface area contributed by atoms with Gasteiger partial charge in [-0.3, -0.25) is 4.79 Å². The second kappa shape index (κ2) is 8.37. The van der Waals surface area contributed by atoms with Crippen LogP contribution in [0.1, 0.15) is 0 Å². The van der Waals surface area contributed by atoms with Gasteiger partial charge in [-0.05, 0) is 0 Å². The van der Waals surface area contributed by atoms with Crippen molar-refractivity contribution in [2.24, 2.45) is 0 Å². The third kappa shape index (κ3) is 17.8. The minimum atomic E-state index is -0.250. The lowest BCUT2D eigenvalue weighted by Gasteiger charge is -1.75. The molecule has 0 amide bonds. The molecule has 9 heavy (non-hydrogen) atoms. The van der Waals surface area contributed by atoms with Gasteiger partial charge in [0.05, 0.1) is 0 Å². The molecule has 0 bridgehead atoms. The van der Waals surface area contributed by atoms with Gasteiger partial charge in [-0.1, -0.05) is 46.4 Å². The van der Waals surface area contributed by atoms with Crippen LogP contribution in [0.25, 0.3) is 0 Å². The third-order valence-corrected chi connectivity index (χ3v) is 1.29. The highest BCUT2D eigenvalue weighted by atomic mass is 35.5. The maximum Gasteiger partial charge on any atom is 0.290 e. The fourth-order valence-corrected chi connectivity index (χ4v) is 0. The van der Waals surface area contributed by atoms with E-state index in [9.17, 15) is 0 Å². The number of halogens is 4. The number of carboxylic acid groups (broad SMARTS) is 1. The van der Waals surface area contributed by atoms with E-state index in [0.29, 0.717) is 0 Å². The lowest BCUT2D eigenvalue weighted by Crippen LogP contribution is -1.49. The van der Waals surface area contributed by atoms with Gasteiger partial charge in [0.2, 0.25) is 0 Å². The highest BCUT2D eigenvalue weighted by molar-refractivity contribution is 6.67. The Morgan fingerprint density at radius 3 is 1.22 bits per heavy atom. The standard InChI is InChI=1S/C2Cl4.CH2O2/c3-1(4)2(5)6;2-1-3/h;1H,(H,2,3). The average molecular weight is 212 g/mol. The first-order valence-electron chi connectivity index (χ1n) is 1.50. The minimum Gasteiger partial charge on any atom is -0.483 e. The quantitative estimate of drug-likeness (QED) is 0.626. The number of hydrogen-bond donors (Lipinski definition) is 1. The van der Waals surface area contributed by atoms with Gasteiger partial charge in [0.25, 0.3) is 6.47 Å². The van der Waals surface area contributed by atoms with Crippen LogP contribution in [0.15, 0.2) is 8.98 Å². The summed E-state index contributed by atoms with van der Waals surface area (Å²) in [6.45, 7) is -0.250. The summed E-state index contributed by atoms with van der Waals surface area (Å²) in [5.74, 6) is 0. The van der Waals surface area contributed by atoms with Crippen LogP contribution in [0.5, 0.6) is 0 Å². The van der Waals surface area contributed by atoms with Crippen molar-refractivity contribution < 1.29 is 9.90 Å². The number of rotatable bonds is 0. The van der Waals surface area contributed by atoms with Gasteiger partial charge in [-0.15, -0.1) is 0 Å². The molecule has 6 heteroatoms. The Bertz CT molecular complexity index is 92.4. The van der Waals surface area contributed by atoms with E-state index in [1.54, 1.807) is 0 Å². The fourth-order valence-electron chi connectivity index (χ4n) is 0. The summed E-state index contributed by atoms with van der Waals surface area (Å²) in [5, 5.41) is 6.89. The molecule has 0 aromatic heterocycles. The van der Waals surface area contributed by atoms with E-state index in [1.807, 2.05) is 0 Å². The van der Waals surface area contributed by atoms with Gasteiger partial charge >= 0.3 is 0 Å². The molecule has 0 rings (SSSR count). The van der Waals surface area contributed by atoms with Crippen molar-refractivity contribution in [3.63, 3.8) is 0 Å². The second-order valence-corrected chi connectivity index (χ2v) is 2.53. The average Bonchev–Trinajstić information content (AvgIpc) is 1.68. The second-order valence-electron chi connectivity index (χ2n) is 0.626. The summed E-state index contributed by atoms with van der Waals surface area (Å²) in [7, 11) is 0. The van der Waals surface area contributed by atoms with Crippen molar-refractivity contribution in [2.75, 3.05) is 0 Å². The van der Waals surface area contributed by atoms with Crippen molar-refractivity contribution in [1.82, 2.24) is 0 Å². The highest BCUT2D eigenvalue weighted by Gasteiger charge is 1.88. The van der Waals surface area contributed by atoms with Gasteiger partial charge in [0.1, 0.15) is 8.98 Å². The summed E-state index contributed by atoms with van der Waals surface area (Å²) in [5.41, 5.74) is 0. The maximum atomic E-state index is 8.36. The van der Waals surface area contributed by atoms with E-state index in [1.165, 1.54) is 0 Å². The zero-order valence-corrected chi connectivity index (χ0v) is 6.97. The van der Waals surface area contributed by atoms with E-state index >= 15 is 0 Å². The molecule has 0 saturated heterocycles. The monoisotopic (exact) mass is 210 g/mol. The van der Waals surface area contributed by atoms with Crippen molar-refractivity contribution >= 4 is 52.9 Å². The van der Waals surface area contributed by atoms with Crippen LogP contribution in [0.4, 0.5) is 0 Å². The molecular weight excluding hydrogens is 210 g/mol. The highest BCUT2D eigenvalue weighted by Crippen LogP contribution is 2.20. The molecule has 0 radical (unpaired) electrons. The van der Waals surface area contributed by atoms with Crippen LogP contribution in [0.3, 0.4) is 0 Å². The van der Waals surface area contributed by atoms with Crippen LogP contribution < -0.4 is 0 Å².